The summed E-state index contributed by atoms with van der Waals surface area (Å²) in [4.78, 5) is 15.0. The van der Waals surface area contributed by atoms with Gasteiger partial charge in [-0.05, 0) is 25.1 Å². The monoisotopic (exact) mass is 273 g/mol. The van der Waals surface area contributed by atoms with Crippen molar-refractivity contribution >= 4 is 11.5 Å². The number of ether oxygens (including phenoxy) is 1. The van der Waals surface area contributed by atoms with Crippen LogP contribution in [0.4, 0.5) is 11.5 Å². The molecule has 104 valence electrons. The number of benzene rings is 1. The number of aryl methyl sites for hydroxylation is 1. The highest BCUT2D eigenvalue weighted by Crippen LogP contribution is 2.36. The van der Waals surface area contributed by atoms with Crippen LogP contribution in [0.15, 0.2) is 30.3 Å². The van der Waals surface area contributed by atoms with Gasteiger partial charge in [0.25, 0.3) is 5.69 Å². The number of hydrogen-bond acceptors (Lipinski definition) is 5. The third-order valence-corrected chi connectivity index (χ3v) is 2.94. The maximum absolute atomic E-state index is 11.2. The standard InChI is InChI=1S/C14H15N3O3/c1-9-4-6-12(20-3)10(8-9)14-11(17(18)19)5-7-13(15-2)16-14/h4-8H,1-3H3,(H,15,16). The lowest BCUT2D eigenvalue weighted by Crippen LogP contribution is -2.00. The van der Waals surface area contributed by atoms with Gasteiger partial charge in [0.2, 0.25) is 0 Å². The van der Waals surface area contributed by atoms with Crippen LogP contribution in [0, 0.1) is 17.0 Å². The van der Waals surface area contributed by atoms with Crippen LogP contribution in [0.3, 0.4) is 0 Å². The molecule has 0 atom stereocenters. The van der Waals surface area contributed by atoms with Crippen LogP contribution in [0.25, 0.3) is 11.3 Å². The number of nitrogens with zero attached hydrogens (tertiary/aromatic N) is 2. The molecule has 0 bridgehead atoms. The molecule has 6 heteroatoms. The lowest BCUT2D eigenvalue weighted by molar-refractivity contribution is -0.384. The van der Waals surface area contributed by atoms with Gasteiger partial charge in [0.05, 0.1) is 12.0 Å². The molecule has 0 spiro atoms. The van der Waals surface area contributed by atoms with Crippen molar-refractivity contribution in [3.63, 3.8) is 0 Å². The average molecular weight is 273 g/mol. The Hall–Kier alpha value is -2.63. The van der Waals surface area contributed by atoms with Gasteiger partial charge in [-0.1, -0.05) is 11.6 Å². The van der Waals surface area contributed by atoms with Gasteiger partial charge in [-0.3, -0.25) is 10.1 Å². The first kappa shape index (κ1) is 13.8. The summed E-state index contributed by atoms with van der Waals surface area (Å²) in [6.45, 7) is 1.91. The summed E-state index contributed by atoms with van der Waals surface area (Å²) in [5, 5.41) is 14.1. The number of hydrogen-bond donors (Lipinski definition) is 1. The molecule has 2 aromatic rings. The predicted octanol–water partition coefficient (Wildman–Crippen LogP) is 3.02. The summed E-state index contributed by atoms with van der Waals surface area (Å²) >= 11 is 0. The number of rotatable bonds is 4. The predicted molar refractivity (Wildman–Crippen MR) is 77.2 cm³/mol. The van der Waals surface area contributed by atoms with Gasteiger partial charge in [-0.25, -0.2) is 4.98 Å². The Morgan fingerprint density at radius 3 is 2.65 bits per heavy atom. The van der Waals surface area contributed by atoms with E-state index < -0.39 is 4.92 Å². The third-order valence-electron chi connectivity index (χ3n) is 2.94. The van der Waals surface area contributed by atoms with E-state index in [0.29, 0.717) is 22.8 Å². The maximum atomic E-state index is 11.2. The van der Waals surface area contributed by atoms with E-state index in [1.54, 1.807) is 19.2 Å². The van der Waals surface area contributed by atoms with Gasteiger partial charge in [-0.2, -0.15) is 0 Å². The summed E-state index contributed by atoms with van der Waals surface area (Å²) < 4.78 is 5.28. The van der Waals surface area contributed by atoms with E-state index in [0.717, 1.165) is 5.56 Å². The van der Waals surface area contributed by atoms with Crippen LogP contribution in [-0.2, 0) is 0 Å². The molecule has 0 fully saturated rings. The van der Waals surface area contributed by atoms with Gasteiger partial charge < -0.3 is 10.1 Å². The zero-order valence-electron chi connectivity index (χ0n) is 11.5. The molecule has 20 heavy (non-hydrogen) atoms. The van der Waals surface area contributed by atoms with Gasteiger partial charge in [-0.15, -0.1) is 0 Å². The fraction of sp³-hybridized carbons (Fsp3) is 0.214. The fourth-order valence-electron chi connectivity index (χ4n) is 1.94. The Morgan fingerprint density at radius 1 is 1.30 bits per heavy atom. The summed E-state index contributed by atoms with van der Waals surface area (Å²) in [5.41, 5.74) is 1.83. The number of methoxy groups -OCH3 is 1. The molecular formula is C14H15N3O3. The highest BCUT2D eigenvalue weighted by Gasteiger charge is 2.20. The maximum Gasteiger partial charge on any atom is 0.295 e. The number of nitro groups is 1. The first-order valence-corrected chi connectivity index (χ1v) is 6.05. The van der Waals surface area contributed by atoms with Crippen LogP contribution in [0.1, 0.15) is 5.56 Å². The van der Waals surface area contributed by atoms with Crippen LogP contribution >= 0.6 is 0 Å². The minimum atomic E-state index is -0.441. The molecule has 0 aliphatic heterocycles. The zero-order chi connectivity index (χ0) is 14.7. The van der Waals surface area contributed by atoms with Crippen LogP contribution in [0.5, 0.6) is 5.75 Å². The number of pyridine rings is 1. The second kappa shape index (κ2) is 5.56. The summed E-state index contributed by atoms with van der Waals surface area (Å²) in [5.74, 6) is 1.12. The smallest absolute Gasteiger partial charge is 0.295 e. The van der Waals surface area contributed by atoms with Gasteiger partial charge >= 0.3 is 0 Å². The van der Waals surface area contributed by atoms with Gasteiger partial charge in [0.15, 0.2) is 5.69 Å². The molecule has 1 heterocycles. The van der Waals surface area contributed by atoms with Crippen LogP contribution in [-0.4, -0.2) is 24.1 Å². The molecule has 0 amide bonds. The van der Waals surface area contributed by atoms with Crippen molar-refractivity contribution in [1.82, 2.24) is 4.98 Å². The lowest BCUT2D eigenvalue weighted by Gasteiger charge is -2.10. The fourth-order valence-corrected chi connectivity index (χ4v) is 1.94. The Bertz CT molecular complexity index is 656. The van der Waals surface area contributed by atoms with Crippen molar-refractivity contribution in [2.45, 2.75) is 6.92 Å². The van der Waals surface area contributed by atoms with Crippen LogP contribution in [0.2, 0.25) is 0 Å². The first-order valence-electron chi connectivity index (χ1n) is 6.05. The SMILES string of the molecule is CNc1ccc([N+](=O)[O-])c(-c2cc(C)ccc2OC)n1. The van der Waals surface area contributed by atoms with Gasteiger partial charge in [0.1, 0.15) is 11.6 Å². The second-order valence-corrected chi connectivity index (χ2v) is 4.28. The van der Waals surface area contributed by atoms with E-state index >= 15 is 0 Å². The largest absolute Gasteiger partial charge is 0.496 e. The molecule has 1 N–H and O–H groups in total. The quantitative estimate of drug-likeness (QED) is 0.684. The average Bonchev–Trinajstić information content (AvgIpc) is 2.46. The summed E-state index contributed by atoms with van der Waals surface area (Å²) in [7, 11) is 3.24. The first-order chi connectivity index (χ1) is 9.56. The summed E-state index contributed by atoms with van der Waals surface area (Å²) in [6, 6.07) is 8.51. The molecule has 0 aliphatic carbocycles. The zero-order valence-corrected chi connectivity index (χ0v) is 11.5. The third kappa shape index (κ3) is 2.54. The molecule has 0 saturated heterocycles. The second-order valence-electron chi connectivity index (χ2n) is 4.28. The van der Waals surface area contributed by atoms with Crippen molar-refractivity contribution in [2.75, 3.05) is 19.5 Å². The van der Waals surface area contributed by atoms with Crippen molar-refractivity contribution in [2.24, 2.45) is 0 Å². The molecular weight excluding hydrogens is 258 g/mol. The van der Waals surface area contributed by atoms with Crippen molar-refractivity contribution < 1.29 is 9.66 Å². The minimum absolute atomic E-state index is 0.0482. The Balaban J connectivity index is 2.72. The molecule has 2 rings (SSSR count). The van der Waals surface area contributed by atoms with Crippen molar-refractivity contribution in [1.29, 1.82) is 0 Å². The molecule has 0 saturated carbocycles. The van der Waals surface area contributed by atoms with E-state index in [2.05, 4.69) is 10.3 Å². The van der Waals surface area contributed by atoms with Crippen molar-refractivity contribution in [3.8, 4) is 17.0 Å². The normalized spacial score (nSPS) is 10.2. The van der Waals surface area contributed by atoms with E-state index in [1.807, 2.05) is 19.1 Å². The molecule has 0 radical (unpaired) electrons. The minimum Gasteiger partial charge on any atom is -0.496 e. The van der Waals surface area contributed by atoms with E-state index in [1.165, 1.54) is 13.2 Å². The molecule has 1 aromatic heterocycles. The highest BCUT2D eigenvalue weighted by atomic mass is 16.6. The van der Waals surface area contributed by atoms with E-state index in [-0.39, 0.29) is 5.69 Å². The van der Waals surface area contributed by atoms with Crippen LogP contribution < -0.4 is 10.1 Å². The molecule has 0 aliphatic rings. The van der Waals surface area contributed by atoms with Gasteiger partial charge in [0, 0.05) is 18.7 Å². The Kier molecular flexibility index (Phi) is 3.84. The summed E-state index contributed by atoms with van der Waals surface area (Å²) in [6.07, 6.45) is 0. The molecule has 6 nitrogen and oxygen atoms in total. The Morgan fingerprint density at radius 2 is 2.05 bits per heavy atom. The number of aromatic nitrogens is 1. The lowest BCUT2D eigenvalue weighted by atomic mass is 10.1. The van der Waals surface area contributed by atoms with Crippen molar-refractivity contribution in [3.05, 3.63) is 46.0 Å². The number of nitrogens with one attached hydrogen (secondary N) is 1. The highest BCUT2D eigenvalue weighted by molar-refractivity contribution is 5.76. The number of anilines is 1. The Labute approximate surface area is 116 Å². The van der Waals surface area contributed by atoms with E-state index in [9.17, 15) is 10.1 Å². The molecule has 0 unspecified atom stereocenters. The topological polar surface area (TPSA) is 77.3 Å². The van der Waals surface area contributed by atoms with E-state index in [4.69, 9.17) is 4.74 Å². The molecule has 1 aromatic carbocycles.